The Hall–Kier alpha value is -7.68. The third kappa shape index (κ3) is 7.42. The lowest BCUT2D eigenvalue weighted by molar-refractivity contribution is 0.590. The van der Waals surface area contributed by atoms with Gasteiger partial charge in [-0.2, -0.15) is 0 Å². The van der Waals surface area contributed by atoms with Gasteiger partial charge in [-0.15, -0.1) is 0 Å². The first-order valence-corrected chi connectivity index (χ1v) is 21.5. The van der Waals surface area contributed by atoms with Gasteiger partial charge in [0, 0.05) is 28.3 Å². The summed E-state index contributed by atoms with van der Waals surface area (Å²) in [4.78, 5) is 4.88. The number of rotatable bonds is 9. The smallest absolute Gasteiger partial charge is 0.0564 e. The van der Waals surface area contributed by atoms with Crippen LogP contribution in [0, 0.1) is 0 Å². The normalized spacial score (nSPS) is 11.5. The monoisotopic (exact) mass is 796 g/mol. The molecule has 0 N–H and O–H groups in total. The average molecular weight is 797 g/mol. The molecule has 0 fully saturated rings. The summed E-state index contributed by atoms with van der Waals surface area (Å²) in [6, 6.07) is 86.0. The molecule has 0 atom stereocenters. The summed E-state index contributed by atoms with van der Waals surface area (Å²) in [5.74, 6) is 0. The quantitative estimate of drug-likeness (QED) is 0.134. The van der Waals surface area contributed by atoms with Crippen LogP contribution in [0.4, 0.5) is 34.1 Å². The van der Waals surface area contributed by atoms with E-state index < -0.39 is 0 Å². The Labute approximate surface area is 365 Å². The number of fused-ring (bicyclic) bond motifs is 3. The van der Waals surface area contributed by atoms with Gasteiger partial charge in [0.05, 0.1) is 11.4 Å². The van der Waals surface area contributed by atoms with Crippen LogP contribution in [0.25, 0.3) is 54.9 Å². The highest BCUT2D eigenvalue weighted by molar-refractivity contribution is 6.12. The first-order chi connectivity index (χ1) is 30.4. The fraction of sp³-hybridized carbons (Fsp3) is 0.0667. The lowest BCUT2D eigenvalue weighted by Crippen LogP contribution is -2.19. The van der Waals surface area contributed by atoms with Gasteiger partial charge in [-0.1, -0.05) is 197 Å². The van der Waals surface area contributed by atoms with Crippen molar-refractivity contribution in [2.24, 2.45) is 0 Å². The molecular weight excluding hydrogens is 749 g/mol. The van der Waals surface area contributed by atoms with E-state index in [1.807, 2.05) is 0 Å². The zero-order chi connectivity index (χ0) is 42.0. The fourth-order valence-electron chi connectivity index (χ4n) is 8.82. The van der Waals surface area contributed by atoms with E-state index >= 15 is 0 Å². The molecule has 0 radical (unpaired) electrons. The molecule has 0 saturated heterocycles. The minimum absolute atomic E-state index is 0.164. The molecule has 62 heavy (non-hydrogen) atoms. The van der Waals surface area contributed by atoms with E-state index in [9.17, 15) is 0 Å². The molecule has 0 aliphatic heterocycles. The highest BCUT2D eigenvalue weighted by Gasteiger charge is 2.28. The summed E-state index contributed by atoms with van der Waals surface area (Å²) in [5.41, 5.74) is 14.7. The van der Waals surface area contributed by atoms with Crippen LogP contribution in [-0.2, 0) is 5.41 Å². The molecular formula is C60H48N2. The Bertz CT molecular complexity index is 3120. The van der Waals surface area contributed by atoms with Crippen LogP contribution in [0.1, 0.15) is 26.3 Å². The number of para-hydroxylation sites is 2. The van der Waals surface area contributed by atoms with Gasteiger partial charge in [-0.05, 0) is 121 Å². The summed E-state index contributed by atoms with van der Waals surface area (Å²) in [7, 11) is 0. The van der Waals surface area contributed by atoms with Gasteiger partial charge < -0.3 is 9.80 Å². The van der Waals surface area contributed by atoms with E-state index in [-0.39, 0.29) is 5.41 Å². The zero-order valence-electron chi connectivity index (χ0n) is 35.4. The summed E-state index contributed by atoms with van der Waals surface area (Å²) in [6.45, 7) is 6.94. The van der Waals surface area contributed by atoms with E-state index in [2.05, 4.69) is 267 Å². The number of hydrogen-bond acceptors (Lipinski definition) is 2. The third-order valence-electron chi connectivity index (χ3n) is 12.0. The lowest BCUT2D eigenvalue weighted by atomic mass is 9.84. The third-order valence-corrected chi connectivity index (χ3v) is 12.0. The predicted molar refractivity (Wildman–Crippen MR) is 266 cm³/mol. The van der Waals surface area contributed by atoms with Crippen molar-refractivity contribution in [2.75, 3.05) is 9.80 Å². The van der Waals surface area contributed by atoms with E-state index in [1.54, 1.807) is 0 Å². The molecule has 2 nitrogen and oxygen atoms in total. The first-order valence-electron chi connectivity index (χ1n) is 21.5. The van der Waals surface area contributed by atoms with E-state index in [4.69, 9.17) is 0 Å². The second-order valence-electron chi connectivity index (χ2n) is 17.0. The SMILES string of the molecule is CC(C)(C)c1cc(N(c2ccccc2)c2ccc(-c3ccccc3)cc2)c(-c2ccccc2)c(N(c2ccccc2)c2ccc(-c3cccc4c3ccc3ccccc34)cc2)c1. The second-order valence-corrected chi connectivity index (χ2v) is 17.0. The molecule has 0 aliphatic rings. The number of hydrogen-bond donors (Lipinski definition) is 0. The van der Waals surface area contributed by atoms with Crippen molar-refractivity contribution in [1.82, 2.24) is 0 Å². The molecule has 0 saturated carbocycles. The second kappa shape index (κ2) is 16.4. The Morgan fingerprint density at radius 1 is 0.306 bits per heavy atom. The van der Waals surface area contributed by atoms with Crippen molar-refractivity contribution in [3.05, 3.63) is 242 Å². The van der Waals surface area contributed by atoms with Crippen LogP contribution >= 0.6 is 0 Å². The Balaban J connectivity index is 1.20. The van der Waals surface area contributed by atoms with Crippen molar-refractivity contribution in [2.45, 2.75) is 26.2 Å². The van der Waals surface area contributed by atoms with Crippen molar-refractivity contribution in [1.29, 1.82) is 0 Å². The van der Waals surface area contributed by atoms with Crippen LogP contribution in [0.5, 0.6) is 0 Å². The molecule has 298 valence electrons. The number of nitrogens with zero attached hydrogens (tertiary/aromatic N) is 2. The van der Waals surface area contributed by atoms with Gasteiger partial charge in [0.15, 0.2) is 0 Å². The van der Waals surface area contributed by atoms with E-state index in [1.165, 1.54) is 49.4 Å². The molecule has 10 aromatic carbocycles. The zero-order valence-corrected chi connectivity index (χ0v) is 35.4. The van der Waals surface area contributed by atoms with Crippen LogP contribution in [0.2, 0.25) is 0 Å². The van der Waals surface area contributed by atoms with Crippen LogP contribution in [-0.4, -0.2) is 0 Å². The molecule has 0 aromatic heterocycles. The Kier molecular flexibility index (Phi) is 10.2. The van der Waals surface area contributed by atoms with Gasteiger partial charge in [-0.3, -0.25) is 0 Å². The molecule has 2 heteroatoms. The predicted octanol–water partition coefficient (Wildman–Crippen LogP) is 17.2. The van der Waals surface area contributed by atoms with Crippen LogP contribution < -0.4 is 9.80 Å². The fourth-order valence-corrected chi connectivity index (χ4v) is 8.82. The van der Waals surface area contributed by atoms with Gasteiger partial charge in [0.1, 0.15) is 0 Å². The van der Waals surface area contributed by atoms with Crippen LogP contribution in [0.15, 0.2) is 237 Å². The standard InChI is InChI=1S/C60H48N2/c1-60(2,3)48-41-57(61(49-24-12-6-13-25-49)51-36-31-44(32-37-51)43-19-8-4-9-20-43)59(47-22-10-5-11-23-47)58(42-48)62(50-26-14-7-15-27-50)52-38-33-46(34-39-52)54-29-18-30-55-53-28-17-16-21-45(53)35-40-56(54)55/h4-42H,1-3H3. The molecule has 10 aromatic rings. The Morgan fingerprint density at radius 2 is 0.742 bits per heavy atom. The van der Waals surface area contributed by atoms with Crippen molar-refractivity contribution in [3.8, 4) is 33.4 Å². The van der Waals surface area contributed by atoms with Gasteiger partial charge in [0.25, 0.3) is 0 Å². The van der Waals surface area contributed by atoms with Crippen molar-refractivity contribution < 1.29 is 0 Å². The topological polar surface area (TPSA) is 6.48 Å². The molecule has 0 heterocycles. The minimum atomic E-state index is -0.164. The maximum absolute atomic E-state index is 2.45. The summed E-state index contributed by atoms with van der Waals surface area (Å²) < 4.78 is 0. The molecule has 0 bridgehead atoms. The molecule has 10 rings (SSSR count). The summed E-state index contributed by atoms with van der Waals surface area (Å²) in [5, 5.41) is 5.06. The van der Waals surface area contributed by atoms with Gasteiger partial charge in [0.2, 0.25) is 0 Å². The summed E-state index contributed by atoms with van der Waals surface area (Å²) >= 11 is 0. The van der Waals surface area contributed by atoms with Gasteiger partial charge >= 0.3 is 0 Å². The first kappa shape index (κ1) is 38.5. The number of anilines is 6. The maximum Gasteiger partial charge on any atom is 0.0564 e. The maximum atomic E-state index is 2.45. The lowest BCUT2D eigenvalue weighted by Gasteiger charge is -2.35. The molecule has 0 amide bonds. The highest BCUT2D eigenvalue weighted by Crippen LogP contribution is 2.51. The van der Waals surface area contributed by atoms with Gasteiger partial charge in [-0.25, -0.2) is 0 Å². The van der Waals surface area contributed by atoms with Crippen molar-refractivity contribution >= 4 is 55.7 Å². The average Bonchev–Trinajstić information content (AvgIpc) is 3.33. The molecule has 0 aliphatic carbocycles. The minimum Gasteiger partial charge on any atom is -0.310 e. The van der Waals surface area contributed by atoms with E-state index in [0.29, 0.717) is 0 Å². The molecule has 0 spiro atoms. The van der Waals surface area contributed by atoms with Crippen LogP contribution in [0.3, 0.4) is 0 Å². The van der Waals surface area contributed by atoms with Crippen molar-refractivity contribution in [3.63, 3.8) is 0 Å². The summed E-state index contributed by atoms with van der Waals surface area (Å²) in [6.07, 6.45) is 0. The van der Waals surface area contributed by atoms with E-state index in [0.717, 1.165) is 45.3 Å². The largest absolute Gasteiger partial charge is 0.310 e. The molecule has 0 unspecified atom stereocenters. The number of benzene rings is 10. The highest BCUT2D eigenvalue weighted by atomic mass is 15.2. The Morgan fingerprint density at radius 3 is 1.29 bits per heavy atom.